The predicted molar refractivity (Wildman–Crippen MR) is 123 cm³/mol. The molecule has 0 saturated heterocycles. The number of benzene rings is 3. The van der Waals surface area contributed by atoms with Gasteiger partial charge in [-0.2, -0.15) is 0 Å². The van der Waals surface area contributed by atoms with Crippen LogP contribution in [-0.4, -0.2) is 27.0 Å². The van der Waals surface area contributed by atoms with E-state index in [-0.39, 0.29) is 22.8 Å². The Morgan fingerprint density at radius 1 is 1.03 bits per heavy atom. The molecule has 2 unspecified atom stereocenters. The van der Waals surface area contributed by atoms with E-state index in [1.54, 1.807) is 36.0 Å². The topological polar surface area (TPSA) is 77.8 Å². The quantitative estimate of drug-likeness (QED) is 0.466. The van der Waals surface area contributed by atoms with E-state index in [9.17, 15) is 15.0 Å². The van der Waals surface area contributed by atoms with Crippen molar-refractivity contribution in [3.05, 3.63) is 101 Å². The van der Waals surface area contributed by atoms with Gasteiger partial charge in [-0.1, -0.05) is 55.5 Å². The average Bonchev–Trinajstić information content (AvgIpc) is 2.75. The molecular weight excluding hydrogens is 408 g/mol. The van der Waals surface area contributed by atoms with E-state index >= 15 is 0 Å². The number of hydrogen-bond donors (Lipinski definition) is 3. The van der Waals surface area contributed by atoms with Gasteiger partial charge in [0.05, 0.1) is 0 Å². The lowest BCUT2D eigenvalue weighted by Gasteiger charge is -2.43. The minimum absolute atomic E-state index is 0.0671. The molecule has 0 aromatic heterocycles. The second kappa shape index (κ2) is 8.52. The summed E-state index contributed by atoms with van der Waals surface area (Å²) in [7, 11) is 0. The van der Waals surface area contributed by atoms with Gasteiger partial charge in [-0.3, -0.25) is 0 Å². The lowest BCUT2D eigenvalue weighted by Crippen LogP contribution is -2.36. The number of carboxylic acid groups (broad SMARTS) is 1. The van der Waals surface area contributed by atoms with Gasteiger partial charge in [0.25, 0.3) is 0 Å². The lowest BCUT2D eigenvalue weighted by molar-refractivity contribution is -0.131. The number of aromatic hydroxyl groups is 2. The highest BCUT2D eigenvalue weighted by molar-refractivity contribution is 7.99. The maximum absolute atomic E-state index is 10.7. The third-order valence-electron chi connectivity index (χ3n) is 5.93. The summed E-state index contributed by atoms with van der Waals surface area (Å²) in [6.45, 7) is 2.25. The molecule has 5 heteroatoms. The van der Waals surface area contributed by atoms with E-state index in [0.717, 1.165) is 33.4 Å². The third-order valence-corrected chi connectivity index (χ3v) is 7.34. The Kier molecular flexibility index (Phi) is 5.79. The third kappa shape index (κ3) is 4.32. The largest absolute Gasteiger partial charge is 0.508 e. The van der Waals surface area contributed by atoms with Crippen LogP contribution in [0.3, 0.4) is 0 Å². The van der Waals surface area contributed by atoms with Crippen molar-refractivity contribution in [3.63, 3.8) is 0 Å². The fourth-order valence-corrected chi connectivity index (χ4v) is 5.67. The molecule has 0 saturated carbocycles. The van der Waals surface area contributed by atoms with E-state index in [1.165, 1.54) is 5.56 Å². The van der Waals surface area contributed by atoms with Crippen molar-refractivity contribution in [1.82, 2.24) is 0 Å². The first-order valence-electron chi connectivity index (χ1n) is 10.1. The van der Waals surface area contributed by atoms with Crippen molar-refractivity contribution in [3.8, 4) is 11.5 Å². The van der Waals surface area contributed by atoms with Crippen LogP contribution in [0.4, 0.5) is 0 Å². The van der Waals surface area contributed by atoms with Crippen LogP contribution in [-0.2, 0) is 16.6 Å². The molecule has 1 aliphatic rings. The number of aliphatic carboxylic acids is 1. The van der Waals surface area contributed by atoms with Crippen LogP contribution in [0.2, 0.25) is 0 Å². The number of carboxylic acids is 1. The molecule has 0 spiro atoms. The van der Waals surface area contributed by atoms with E-state index in [0.29, 0.717) is 6.42 Å². The predicted octanol–water partition coefficient (Wildman–Crippen LogP) is 5.48. The van der Waals surface area contributed by atoms with Gasteiger partial charge in [0, 0.05) is 28.1 Å². The van der Waals surface area contributed by atoms with Crippen molar-refractivity contribution in [1.29, 1.82) is 0 Å². The molecule has 3 aromatic rings. The highest BCUT2D eigenvalue weighted by Crippen LogP contribution is 2.53. The number of thioether (sulfide) groups is 1. The summed E-state index contributed by atoms with van der Waals surface area (Å²) in [5, 5.41) is 28.5. The minimum atomic E-state index is -0.944. The standard InChI is InChI=1S/C26H24O4S/c1-26(19-9-11-20(27)12-10-19)16-31-23-15-21(28)13-14-22(23)25(26)18-7-5-17(6-8-18)3-2-4-24(29)30/h2,4-15,25,27-28H,3,16H2,1H3,(H,29,30). The Morgan fingerprint density at radius 3 is 2.39 bits per heavy atom. The molecule has 3 N–H and O–H groups in total. The molecule has 4 nitrogen and oxygen atoms in total. The van der Waals surface area contributed by atoms with Gasteiger partial charge >= 0.3 is 5.97 Å². The first kappa shape index (κ1) is 21.1. The summed E-state index contributed by atoms with van der Waals surface area (Å²) in [6, 6.07) is 21.3. The van der Waals surface area contributed by atoms with Crippen LogP contribution in [0.5, 0.6) is 11.5 Å². The first-order chi connectivity index (χ1) is 14.9. The minimum Gasteiger partial charge on any atom is -0.508 e. The molecule has 2 atom stereocenters. The summed E-state index contributed by atoms with van der Waals surface area (Å²) in [5.41, 5.74) is 4.31. The molecule has 0 radical (unpaired) electrons. The zero-order chi connectivity index (χ0) is 22.0. The van der Waals surface area contributed by atoms with Crippen LogP contribution in [0.1, 0.15) is 35.1 Å². The number of allylic oxidation sites excluding steroid dienone is 1. The molecule has 31 heavy (non-hydrogen) atoms. The molecule has 3 aromatic carbocycles. The van der Waals surface area contributed by atoms with Crippen LogP contribution in [0, 0.1) is 0 Å². The van der Waals surface area contributed by atoms with Crippen LogP contribution >= 0.6 is 11.8 Å². The molecule has 0 amide bonds. The number of fused-ring (bicyclic) bond motifs is 1. The van der Waals surface area contributed by atoms with Crippen molar-refractivity contribution >= 4 is 17.7 Å². The molecule has 0 fully saturated rings. The van der Waals surface area contributed by atoms with E-state index in [1.807, 2.05) is 36.4 Å². The summed E-state index contributed by atoms with van der Waals surface area (Å²) >= 11 is 1.74. The molecule has 4 rings (SSSR count). The van der Waals surface area contributed by atoms with Crippen molar-refractivity contribution in [2.75, 3.05) is 5.75 Å². The number of carbonyl (C=O) groups is 1. The fraction of sp³-hybridized carbons (Fsp3) is 0.192. The molecule has 1 aliphatic heterocycles. The van der Waals surface area contributed by atoms with Crippen molar-refractivity contribution < 1.29 is 20.1 Å². The van der Waals surface area contributed by atoms with Gasteiger partial charge in [0.2, 0.25) is 0 Å². The number of phenolic OH excluding ortho intramolecular Hbond substituents is 2. The molecule has 1 heterocycles. The SMILES string of the molecule is CC1(c2ccc(O)cc2)CSc2cc(O)ccc2C1c1ccc(CC=CC(=O)O)cc1. The highest BCUT2D eigenvalue weighted by atomic mass is 32.2. The number of rotatable bonds is 5. The zero-order valence-electron chi connectivity index (χ0n) is 17.2. The molecule has 158 valence electrons. The van der Waals surface area contributed by atoms with Crippen LogP contribution < -0.4 is 0 Å². The fourth-order valence-electron chi connectivity index (χ4n) is 4.32. The maximum atomic E-state index is 10.7. The van der Waals surface area contributed by atoms with Gasteiger partial charge < -0.3 is 15.3 Å². The van der Waals surface area contributed by atoms with Crippen molar-refractivity contribution in [2.24, 2.45) is 0 Å². The molecule has 0 aliphatic carbocycles. The second-order valence-corrected chi connectivity index (χ2v) is 9.11. The van der Waals surface area contributed by atoms with Gasteiger partial charge in [-0.15, -0.1) is 11.8 Å². The lowest BCUT2D eigenvalue weighted by atomic mass is 9.67. The summed E-state index contributed by atoms with van der Waals surface area (Å²) in [4.78, 5) is 11.8. The summed E-state index contributed by atoms with van der Waals surface area (Å²) in [6.07, 6.45) is 3.37. The van der Waals surface area contributed by atoms with E-state index in [2.05, 4.69) is 19.1 Å². The number of hydrogen-bond acceptors (Lipinski definition) is 4. The Morgan fingerprint density at radius 2 is 1.71 bits per heavy atom. The molecule has 0 bridgehead atoms. The zero-order valence-corrected chi connectivity index (χ0v) is 18.0. The maximum Gasteiger partial charge on any atom is 0.327 e. The average molecular weight is 433 g/mol. The highest BCUT2D eigenvalue weighted by Gasteiger charge is 2.42. The van der Waals surface area contributed by atoms with Gasteiger partial charge in [-0.25, -0.2) is 4.79 Å². The number of phenols is 2. The van der Waals surface area contributed by atoms with Crippen molar-refractivity contribution in [2.45, 2.75) is 29.6 Å². The summed E-state index contributed by atoms with van der Waals surface area (Å²) < 4.78 is 0. The Balaban J connectivity index is 1.76. The smallest absolute Gasteiger partial charge is 0.327 e. The first-order valence-corrected chi connectivity index (χ1v) is 11.1. The van der Waals surface area contributed by atoms with E-state index in [4.69, 9.17) is 5.11 Å². The van der Waals surface area contributed by atoms with Gasteiger partial charge in [-0.05, 0) is 52.9 Å². The Bertz CT molecular complexity index is 1120. The Labute approximate surface area is 185 Å². The summed E-state index contributed by atoms with van der Waals surface area (Å²) in [5.74, 6) is 0.468. The normalized spacial score (nSPS) is 20.5. The van der Waals surface area contributed by atoms with Gasteiger partial charge in [0.15, 0.2) is 0 Å². The molecular formula is C26H24O4S. The van der Waals surface area contributed by atoms with Crippen LogP contribution in [0.25, 0.3) is 0 Å². The van der Waals surface area contributed by atoms with Crippen LogP contribution in [0.15, 0.2) is 83.8 Å². The second-order valence-electron chi connectivity index (χ2n) is 8.09. The van der Waals surface area contributed by atoms with Gasteiger partial charge in [0.1, 0.15) is 11.5 Å². The monoisotopic (exact) mass is 432 g/mol. The van der Waals surface area contributed by atoms with E-state index < -0.39 is 5.97 Å². The Hall–Kier alpha value is -3.18.